The molecule has 0 unspecified atom stereocenters. The first-order valence-electron chi connectivity index (χ1n) is 10.2. The Hall–Kier alpha value is -3.47. The fraction of sp³-hybridized carbons (Fsp3) is 0.240. The molecule has 0 radical (unpaired) electrons. The maximum atomic E-state index is 13.0. The lowest BCUT2D eigenvalue weighted by molar-refractivity contribution is -0.119. The number of anilines is 1. The molecule has 4 rings (SSSR count). The van der Waals surface area contributed by atoms with Gasteiger partial charge >= 0.3 is 0 Å². The number of imide groups is 1. The zero-order valence-electron chi connectivity index (χ0n) is 17.2. The molecule has 0 atom stereocenters. The lowest BCUT2D eigenvalue weighted by Gasteiger charge is -2.29. The molecule has 0 bridgehead atoms. The molecule has 3 amide bonds. The minimum absolute atomic E-state index is 0.0163. The second-order valence-corrected chi connectivity index (χ2v) is 7.77. The van der Waals surface area contributed by atoms with Gasteiger partial charge in [0.05, 0.1) is 0 Å². The number of benzene rings is 3. The summed E-state index contributed by atoms with van der Waals surface area (Å²) in [6, 6.07) is 20.5. The summed E-state index contributed by atoms with van der Waals surface area (Å²) in [5.74, 6) is -0.600. The molecular weight excluding hydrogens is 376 g/mol. The highest BCUT2D eigenvalue weighted by Crippen LogP contribution is 2.30. The van der Waals surface area contributed by atoms with E-state index in [1.165, 1.54) is 4.90 Å². The molecule has 0 spiro atoms. The van der Waals surface area contributed by atoms with Gasteiger partial charge in [-0.2, -0.15) is 0 Å². The highest BCUT2D eigenvalue weighted by atomic mass is 16.2. The summed E-state index contributed by atoms with van der Waals surface area (Å²) < 4.78 is 0. The van der Waals surface area contributed by atoms with Crippen molar-refractivity contribution >= 4 is 34.2 Å². The normalized spacial score (nSPS) is 13.2. The van der Waals surface area contributed by atoms with E-state index < -0.39 is 0 Å². The molecule has 0 saturated carbocycles. The molecule has 1 aliphatic heterocycles. The van der Waals surface area contributed by atoms with Crippen LogP contribution in [0.5, 0.6) is 0 Å². The first kappa shape index (κ1) is 19.8. The number of hydrogen-bond donors (Lipinski definition) is 0. The molecule has 3 aromatic rings. The summed E-state index contributed by atoms with van der Waals surface area (Å²) in [7, 11) is 0. The lowest BCUT2D eigenvalue weighted by atomic mass is 9.94. The minimum Gasteiger partial charge on any atom is -0.310 e. The maximum absolute atomic E-state index is 13.0. The van der Waals surface area contributed by atoms with Gasteiger partial charge in [0.15, 0.2) is 0 Å². The molecular formula is C25H24N2O3. The molecule has 1 aliphatic rings. The average molecular weight is 400 g/mol. The largest absolute Gasteiger partial charge is 0.310 e. The van der Waals surface area contributed by atoms with Gasteiger partial charge < -0.3 is 4.90 Å². The average Bonchev–Trinajstić information content (AvgIpc) is 2.75. The van der Waals surface area contributed by atoms with E-state index in [4.69, 9.17) is 0 Å². The molecule has 5 nitrogen and oxygen atoms in total. The molecule has 30 heavy (non-hydrogen) atoms. The molecule has 3 aromatic carbocycles. The molecule has 0 fully saturated rings. The van der Waals surface area contributed by atoms with Gasteiger partial charge in [-0.15, -0.1) is 0 Å². The van der Waals surface area contributed by atoms with Crippen molar-refractivity contribution in [3.05, 3.63) is 77.9 Å². The van der Waals surface area contributed by atoms with Crippen molar-refractivity contribution in [2.45, 2.75) is 32.7 Å². The Morgan fingerprint density at radius 2 is 1.47 bits per heavy atom. The van der Waals surface area contributed by atoms with Gasteiger partial charge in [0.1, 0.15) is 0 Å². The van der Waals surface area contributed by atoms with E-state index in [9.17, 15) is 14.4 Å². The van der Waals surface area contributed by atoms with Crippen molar-refractivity contribution in [1.29, 1.82) is 0 Å². The van der Waals surface area contributed by atoms with Crippen LogP contribution < -0.4 is 4.90 Å². The molecule has 0 saturated heterocycles. The second-order valence-electron chi connectivity index (χ2n) is 7.77. The summed E-state index contributed by atoms with van der Waals surface area (Å²) in [5.41, 5.74) is 1.94. The maximum Gasteiger partial charge on any atom is 0.261 e. The molecule has 0 N–H and O–H groups in total. The SMILES string of the molecule is CC(C)N(C(=O)CCCN1C(=O)c2cccc3cccc(c23)C1=O)c1ccccc1. The second kappa shape index (κ2) is 8.11. The predicted molar refractivity (Wildman–Crippen MR) is 118 cm³/mol. The fourth-order valence-electron chi connectivity index (χ4n) is 4.11. The van der Waals surface area contributed by atoms with Crippen LogP contribution in [0.25, 0.3) is 10.8 Å². The van der Waals surface area contributed by atoms with Crippen LogP contribution in [0.15, 0.2) is 66.7 Å². The molecule has 0 aromatic heterocycles. The van der Waals surface area contributed by atoms with Gasteiger partial charge in [-0.25, -0.2) is 0 Å². The fourth-order valence-corrected chi connectivity index (χ4v) is 4.11. The Balaban J connectivity index is 1.49. The van der Waals surface area contributed by atoms with E-state index >= 15 is 0 Å². The van der Waals surface area contributed by atoms with Crippen LogP contribution in [0.2, 0.25) is 0 Å². The first-order chi connectivity index (χ1) is 14.5. The number of amides is 3. The number of rotatable bonds is 6. The van der Waals surface area contributed by atoms with Crippen LogP contribution in [0.4, 0.5) is 5.69 Å². The van der Waals surface area contributed by atoms with Gasteiger partial charge in [-0.1, -0.05) is 42.5 Å². The summed E-state index contributed by atoms with van der Waals surface area (Å²) in [6.07, 6.45) is 0.681. The molecule has 0 aliphatic carbocycles. The van der Waals surface area contributed by atoms with Crippen molar-refractivity contribution in [3.8, 4) is 0 Å². The highest BCUT2D eigenvalue weighted by Gasteiger charge is 2.32. The van der Waals surface area contributed by atoms with Gasteiger partial charge in [-0.05, 0) is 49.9 Å². The Morgan fingerprint density at radius 3 is 2.03 bits per heavy atom. The van der Waals surface area contributed by atoms with Crippen molar-refractivity contribution in [2.24, 2.45) is 0 Å². The number of carbonyl (C=O) groups excluding carboxylic acids is 3. The predicted octanol–water partition coefficient (Wildman–Crippen LogP) is 4.66. The van der Waals surface area contributed by atoms with Crippen molar-refractivity contribution in [3.63, 3.8) is 0 Å². The number of nitrogens with zero attached hydrogens (tertiary/aromatic N) is 2. The Morgan fingerprint density at radius 1 is 0.867 bits per heavy atom. The zero-order valence-corrected chi connectivity index (χ0v) is 17.2. The molecule has 152 valence electrons. The van der Waals surface area contributed by atoms with E-state index in [0.717, 1.165) is 16.5 Å². The van der Waals surface area contributed by atoms with Crippen LogP contribution in [-0.2, 0) is 4.79 Å². The van der Waals surface area contributed by atoms with Gasteiger partial charge in [0, 0.05) is 41.2 Å². The van der Waals surface area contributed by atoms with E-state index in [-0.39, 0.29) is 36.7 Å². The third-order valence-electron chi connectivity index (χ3n) is 5.45. The third kappa shape index (κ3) is 3.47. The highest BCUT2D eigenvalue weighted by molar-refractivity contribution is 6.25. The minimum atomic E-state index is -0.291. The number of carbonyl (C=O) groups is 3. The van der Waals surface area contributed by atoms with Crippen LogP contribution in [-0.4, -0.2) is 35.2 Å². The standard InChI is InChI=1S/C25H24N2O3/c1-17(2)27(19-11-4-3-5-12-19)22(28)15-8-16-26-24(29)20-13-6-9-18-10-7-14-21(23(18)20)25(26)30/h3-7,9-14,17H,8,15-16H2,1-2H3. The van der Waals surface area contributed by atoms with Crippen LogP contribution in [0, 0.1) is 0 Å². The quantitative estimate of drug-likeness (QED) is 0.566. The van der Waals surface area contributed by atoms with Crippen molar-refractivity contribution in [2.75, 3.05) is 11.4 Å². The molecule has 1 heterocycles. The number of para-hydroxylation sites is 1. The van der Waals surface area contributed by atoms with E-state index in [1.54, 1.807) is 17.0 Å². The van der Waals surface area contributed by atoms with E-state index in [0.29, 0.717) is 17.5 Å². The topological polar surface area (TPSA) is 57.7 Å². The summed E-state index contributed by atoms with van der Waals surface area (Å²) in [5, 5.41) is 1.61. The third-order valence-corrected chi connectivity index (χ3v) is 5.45. The monoisotopic (exact) mass is 400 g/mol. The number of hydrogen-bond acceptors (Lipinski definition) is 3. The van der Waals surface area contributed by atoms with E-state index in [2.05, 4.69) is 0 Å². The zero-order chi connectivity index (χ0) is 21.3. The van der Waals surface area contributed by atoms with Crippen LogP contribution >= 0.6 is 0 Å². The smallest absolute Gasteiger partial charge is 0.261 e. The molecule has 5 heteroatoms. The summed E-state index contributed by atoms with van der Waals surface area (Å²) in [6.45, 7) is 4.16. The lowest BCUT2D eigenvalue weighted by Crippen LogP contribution is -2.42. The summed E-state index contributed by atoms with van der Waals surface area (Å²) in [4.78, 5) is 41.8. The summed E-state index contributed by atoms with van der Waals surface area (Å²) >= 11 is 0. The Bertz CT molecular complexity index is 1070. The van der Waals surface area contributed by atoms with Gasteiger partial charge in [0.2, 0.25) is 5.91 Å². The van der Waals surface area contributed by atoms with Crippen LogP contribution in [0.1, 0.15) is 47.4 Å². The Labute approximate surface area is 175 Å². The van der Waals surface area contributed by atoms with Crippen LogP contribution in [0.3, 0.4) is 0 Å². The van der Waals surface area contributed by atoms with Gasteiger partial charge in [0.25, 0.3) is 11.8 Å². The van der Waals surface area contributed by atoms with Crippen molar-refractivity contribution in [1.82, 2.24) is 4.90 Å². The van der Waals surface area contributed by atoms with Gasteiger partial charge in [-0.3, -0.25) is 19.3 Å². The Kier molecular flexibility index (Phi) is 5.36. The van der Waals surface area contributed by atoms with Crippen molar-refractivity contribution < 1.29 is 14.4 Å². The first-order valence-corrected chi connectivity index (χ1v) is 10.2. The van der Waals surface area contributed by atoms with E-state index in [1.807, 2.05) is 68.4 Å².